The third-order valence-electron chi connectivity index (χ3n) is 3.78. The Hall–Kier alpha value is -0.280. The fraction of sp³-hybridized carbons (Fsp3) is 0.923. The van der Waals surface area contributed by atoms with Crippen LogP contribution in [-0.4, -0.2) is 18.0 Å². The molecule has 2 rings (SSSR count). The molecule has 17 heavy (non-hydrogen) atoms. The summed E-state index contributed by atoms with van der Waals surface area (Å²) in [6.07, 6.45) is 5.14. The highest BCUT2D eigenvalue weighted by Crippen LogP contribution is 2.44. The Kier molecular flexibility index (Phi) is 4.48. The van der Waals surface area contributed by atoms with Gasteiger partial charge in [0.2, 0.25) is 5.91 Å². The van der Waals surface area contributed by atoms with Crippen LogP contribution in [0, 0.1) is 17.3 Å². The summed E-state index contributed by atoms with van der Waals surface area (Å²) >= 11 is 0. The molecule has 0 spiro atoms. The fourth-order valence-corrected chi connectivity index (χ4v) is 2.18. The molecule has 0 heterocycles. The normalized spacial score (nSPS) is 21.9. The van der Waals surface area contributed by atoms with Gasteiger partial charge >= 0.3 is 0 Å². The Labute approximate surface area is 110 Å². The minimum Gasteiger partial charge on any atom is -0.351 e. The Morgan fingerprint density at radius 3 is 1.88 bits per heavy atom. The molecule has 2 fully saturated rings. The maximum absolute atomic E-state index is 12.0. The van der Waals surface area contributed by atoms with Crippen LogP contribution in [-0.2, 0) is 4.79 Å². The summed E-state index contributed by atoms with van der Waals surface area (Å²) in [6, 6.07) is 0.0217. The van der Waals surface area contributed by atoms with Crippen LogP contribution >= 0.6 is 12.4 Å². The lowest BCUT2D eigenvalue weighted by Crippen LogP contribution is -2.52. The molecule has 100 valence electrons. The molecule has 2 saturated carbocycles. The predicted octanol–water partition coefficient (Wildman–Crippen LogP) is 2.09. The van der Waals surface area contributed by atoms with E-state index in [0.29, 0.717) is 6.04 Å². The molecular weight excluding hydrogens is 236 g/mol. The van der Waals surface area contributed by atoms with Crippen LogP contribution in [0.4, 0.5) is 0 Å². The summed E-state index contributed by atoms with van der Waals surface area (Å²) in [5.41, 5.74) is 5.82. The maximum atomic E-state index is 12.0. The van der Waals surface area contributed by atoms with Gasteiger partial charge in [-0.1, -0.05) is 20.8 Å². The van der Waals surface area contributed by atoms with Gasteiger partial charge in [-0.05, 0) is 42.9 Å². The topological polar surface area (TPSA) is 55.1 Å². The van der Waals surface area contributed by atoms with E-state index in [-0.39, 0.29) is 23.7 Å². The minimum absolute atomic E-state index is 0. The number of hydrogen-bond donors (Lipinski definition) is 2. The summed E-state index contributed by atoms with van der Waals surface area (Å²) in [4.78, 5) is 12.0. The van der Waals surface area contributed by atoms with Crippen molar-refractivity contribution in [2.75, 3.05) is 0 Å². The van der Waals surface area contributed by atoms with Crippen LogP contribution in [0.5, 0.6) is 0 Å². The van der Waals surface area contributed by atoms with Crippen LogP contribution in [0.2, 0.25) is 0 Å². The fourth-order valence-electron chi connectivity index (χ4n) is 2.18. The predicted molar refractivity (Wildman–Crippen MR) is 72.1 cm³/mol. The Morgan fingerprint density at radius 2 is 1.59 bits per heavy atom. The van der Waals surface area contributed by atoms with E-state index in [4.69, 9.17) is 5.73 Å². The maximum Gasteiger partial charge on any atom is 0.237 e. The molecule has 0 bridgehead atoms. The molecule has 3 N–H and O–H groups in total. The Balaban J connectivity index is 0.00000144. The molecule has 2 aliphatic carbocycles. The number of nitrogens with two attached hydrogens (primary N) is 1. The average molecular weight is 261 g/mol. The second-order valence-electron chi connectivity index (χ2n) is 6.55. The Bertz CT molecular complexity index is 268. The van der Waals surface area contributed by atoms with Crippen molar-refractivity contribution in [3.05, 3.63) is 0 Å². The molecular formula is C13H25ClN2O. The van der Waals surface area contributed by atoms with Gasteiger partial charge in [-0.3, -0.25) is 4.79 Å². The monoisotopic (exact) mass is 260 g/mol. The molecule has 0 radical (unpaired) electrons. The second-order valence-corrected chi connectivity index (χ2v) is 6.55. The molecule has 0 aromatic carbocycles. The van der Waals surface area contributed by atoms with Crippen LogP contribution in [0.25, 0.3) is 0 Å². The minimum atomic E-state index is -0.396. The number of nitrogens with one attached hydrogen (secondary N) is 1. The van der Waals surface area contributed by atoms with E-state index < -0.39 is 6.04 Å². The van der Waals surface area contributed by atoms with Crippen molar-refractivity contribution in [3.8, 4) is 0 Å². The first-order valence-electron chi connectivity index (χ1n) is 6.45. The Morgan fingerprint density at radius 1 is 1.18 bits per heavy atom. The SMILES string of the molecule is CC(C)(C)[C@H](N)C(=O)NC(C1CC1)C1CC1.Cl. The van der Waals surface area contributed by atoms with Gasteiger partial charge in [-0.2, -0.15) is 0 Å². The van der Waals surface area contributed by atoms with E-state index in [1.165, 1.54) is 25.7 Å². The van der Waals surface area contributed by atoms with E-state index in [2.05, 4.69) is 5.32 Å². The van der Waals surface area contributed by atoms with Gasteiger partial charge in [0, 0.05) is 6.04 Å². The number of amides is 1. The summed E-state index contributed by atoms with van der Waals surface area (Å²) in [7, 11) is 0. The number of carbonyl (C=O) groups excluding carboxylic acids is 1. The van der Waals surface area contributed by atoms with Gasteiger partial charge in [-0.25, -0.2) is 0 Å². The van der Waals surface area contributed by atoms with Crippen LogP contribution < -0.4 is 11.1 Å². The highest BCUT2D eigenvalue weighted by atomic mass is 35.5. The third-order valence-corrected chi connectivity index (χ3v) is 3.78. The van der Waals surface area contributed by atoms with E-state index in [0.717, 1.165) is 11.8 Å². The zero-order valence-corrected chi connectivity index (χ0v) is 11.8. The molecule has 3 nitrogen and oxygen atoms in total. The highest BCUT2D eigenvalue weighted by Gasteiger charge is 2.43. The van der Waals surface area contributed by atoms with Crippen molar-refractivity contribution in [1.29, 1.82) is 0 Å². The first-order valence-corrected chi connectivity index (χ1v) is 6.45. The molecule has 0 unspecified atom stereocenters. The molecule has 2 aliphatic rings. The van der Waals surface area contributed by atoms with Gasteiger partial charge in [0.15, 0.2) is 0 Å². The zero-order chi connectivity index (χ0) is 11.9. The van der Waals surface area contributed by atoms with Crippen molar-refractivity contribution in [1.82, 2.24) is 5.32 Å². The first-order chi connectivity index (χ1) is 7.39. The van der Waals surface area contributed by atoms with Crippen molar-refractivity contribution in [3.63, 3.8) is 0 Å². The summed E-state index contributed by atoms with van der Waals surface area (Å²) in [5, 5.41) is 3.18. The molecule has 0 saturated heterocycles. The van der Waals surface area contributed by atoms with Crippen molar-refractivity contribution < 1.29 is 4.79 Å². The highest BCUT2D eigenvalue weighted by molar-refractivity contribution is 5.85. The lowest BCUT2D eigenvalue weighted by molar-refractivity contribution is -0.125. The smallest absolute Gasteiger partial charge is 0.237 e. The molecule has 0 aromatic heterocycles. The first kappa shape index (κ1) is 14.8. The largest absolute Gasteiger partial charge is 0.351 e. The van der Waals surface area contributed by atoms with Gasteiger partial charge in [0.1, 0.15) is 0 Å². The average Bonchev–Trinajstić information content (AvgIpc) is 3.00. The van der Waals surface area contributed by atoms with E-state index in [1.807, 2.05) is 20.8 Å². The summed E-state index contributed by atoms with van der Waals surface area (Å²) < 4.78 is 0. The lowest BCUT2D eigenvalue weighted by Gasteiger charge is -2.28. The molecule has 4 heteroatoms. The number of hydrogen-bond acceptors (Lipinski definition) is 2. The second kappa shape index (κ2) is 5.15. The van der Waals surface area contributed by atoms with Crippen molar-refractivity contribution in [2.45, 2.75) is 58.5 Å². The molecule has 1 atom stereocenters. The molecule has 0 aliphatic heterocycles. The van der Waals surface area contributed by atoms with Crippen LogP contribution in [0.3, 0.4) is 0 Å². The number of carbonyl (C=O) groups is 1. The molecule has 0 aromatic rings. The zero-order valence-electron chi connectivity index (χ0n) is 11.0. The van der Waals surface area contributed by atoms with E-state index in [1.54, 1.807) is 0 Å². The third kappa shape index (κ3) is 3.85. The lowest BCUT2D eigenvalue weighted by atomic mass is 9.86. The standard InChI is InChI=1S/C13H24N2O.ClH/c1-13(2,3)11(14)12(16)15-10(8-4-5-8)9-6-7-9;/h8-11H,4-7,14H2,1-3H3,(H,15,16);1H/t11-;/m1./s1. The van der Waals surface area contributed by atoms with Crippen molar-refractivity contribution >= 4 is 18.3 Å². The molecule has 1 amide bonds. The van der Waals surface area contributed by atoms with Crippen LogP contribution in [0.1, 0.15) is 46.5 Å². The van der Waals surface area contributed by atoms with Crippen LogP contribution in [0.15, 0.2) is 0 Å². The number of rotatable bonds is 4. The van der Waals surface area contributed by atoms with Gasteiger partial charge in [0.25, 0.3) is 0 Å². The number of halogens is 1. The van der Waals surface area contributed by atoms with E-state index >= 15 is 0 Å². The van der Waals surface area contributed by atoms with Gasteiger partial charge in [0.05, 0.1) is 6.04 Å². The quantitative estimate of drug-likeness (QED) is 0.813. The van der Waals surface area contributed by atoms with Crippen molar-refractivity contribution in [2.24, 2.45) is 23.0 Å². The summed E-state index contributed by atoms with van der Waals surface area (Å²) in [5.74, 6) is 1.52. The van der Waals surface area contributed by atoms with Gasteiger partial charge < -0.3 is 11.1 Å². The summed E-state index contributed by atoms with van der Waals surface area (Å²) in [6.45, 7) is 6.04. The van der Waals surface area contributed by atoms with Gasteiger partial charge in [-0.15, -0.1) is 12.4 Å². The van der Waals surface area contributed by atoms with E-state index in [9.17, 15) is 4.79 Å².